The second kappa shape index (κ2) is 6.98. The van der Waals surface area contributed by atoms with Crippen LogP contribution in [0.15, 0.2) is 12.1 Å². The van der Waals surface area contributed by atoms with E-state index >= 15 is 0 Å². The van der Waals surface area contributed by atoms with Crippen molar-refractivity contribution in [3.05, 3.63) is 28.8 Å². The number of nitrogen functional groups attached to an aromatic ring is 1. The maximum absolute atomic E-state index is 11.5. The Hall–Kier alpha value is -1.79. The summed E-state index contributed by atoms with van der Waals surface area (Å²) >= 11 is 0. The third-order valence-corrected chi connectivity index (χ3v) is 3.41. The summed E-state index contributed by atoms with van der Waals surface area (Å²) in [5, 5.41) is 22.7. The molecule has 2 atom stereocenters. The molecule has 0 bridgehead atoms. The first-order chi connectivity index (χ1) is 10.0. The van der Waals surface area contributed by atoms with Gasteiger partial charge in [-0.1, -0.05) is 6.07 Å². The quantitative estimate of drug-likeness (QED) is 0.635. The van der Waals surface area contributed by atoms with Gasteiger partial charge in [-0.2, -0.15) is 0 Å². The molecule has 0 aromatic heterocycles. The monoisotopic (exact) mass is 310 g/mol. The molecule has 0 fully saturated rings. The van der Waals surface area contributed by atoms with Gasteiger partial charge in [0.1, 0.15) is 17.8 Å². The van der Waals surface area contributed by atoms with Crippen LogP contribution in [0.1, 0.15) is 43.6 Å². The Morgan fingerprint density at radius 1 is 1.27 bits per heavy atom. The van der Waals surface area contributed by atoms with E-state index in [1.165, 1.54) is 0 Å². The van der Waals surface area contributed by atoms with Crippen molar-refractivity contribution in [1.82, 2.24) is 5.32 Å². The van der Waals surface area contributed by atoms with Crippen LogP contribution in [-0.4, -0.2) is 34.6 Å². The second-order valence-corrected chi connectivity index (χ2v) is 6.39. The van der Waals surface area contributed by atoms with E-state index in [-0.39, 0.29) is 6.54 Å². The second-order valence-electron chi connectivity index (χ2n) is 6.39. The molecule has 1 amide bonds. The molecule has 0 saturated carbocycles. The van der Waals surface area contributed by atoms with Crippen molar-refractivity contribution in [1.29, 1.82) is 0 Å². The fourth-order valence-corrected chi connectivity index (χ4v) is 2.00. The Labute approximate surface area is 131 Å². The molecule has 0 spiro atoms. The van der Waals surface area contributed by atoms with Crippen molar-refractivity contribution in [2.45, 2.75) is 52.4 Å². The number of nitrogens with two attached hydrogens (primary N) is 1. The van der Waals surface area contributed by atoms with Gasteiger partial charge in [0.25, 0.3) is 0 Å². The van der Waals surface area contributed by atoms with Crippen molar-refractivity contribution in [2.24, 2.45) is 0 Å². The molecule has 6 heteroatoms. The summed E-state index contributed by atoms with van der Waals surface area (Å²) in [6.45, 7) is 8.82. The van der Waals surface area contributed by atoms with E-state index in [4.69, 9.17) is 10.5 Å². The zero-order valence-corrected chi connectivity index (χ0v) is 13.8. The van der Waals surface area contributed by atoms with Crippen LogP contribution >= 0.6 is 0 Å². The smallest absolute Gasteiger partial charge is 0.407 e. The van der Waals surface area contributed by atoms with E-state index < -0.39 is 23.9 Å². The van der Waals surface area contributed by atoms with E-state index in [2.05, 4.69) is 5.32 Å². The highest BCUT2D eigenvalue weighted by molar-refractivity contribution is 5.67. The van der Waals surface area contributed by atoms with Gasteiger partial charge in [0.05, 0.1) is 0 Å². The van der Waals surface area contributed by atoms with E-state index in [1.807, 2.05) is 13.8 Å². The maximum atomic E-state index is 11.5. The van der Waals surface area contributed by atoms with Crippen molar-refractivity contribution < 1.29 is 19.7 Å². The maximum Gasteiger partial charge on any atom is 0.407 e. The normalized spacial score (nSPS) is 14.3. The lowest BCUT2D eigenvalue weighted by Gasteiger charge is -2.23. The minimum atomic E-state index is -1.14. The first-order valence-corrected chi connectivity index (χ1v) is 7.21. The summed E-state index contributed by atoms with van der Waals surface area (Å²) in [7, 11) is 0. The van der Waals surface area contributed by atoms with Gasteiger partial charge in [-0.3, -0.25) is 0 Å². The standard InChI is InChI=1S/C16H26N2O4/c1-9-10(2)12(17)7-6-11(9)14(20)13(19)8-18-15(21)22-16(3,4)5/h6-7,13-14,19-20H,8,17H2,1-5H3,(H,18,21). The number of amides is 1. The van der Waals surface area contributed by atoms with Crippen LogP contribution < -0.4 is 11.1 Å². The molecule has 1 rings (SSSR count). The molecular weight excluding hydrogens is 284 g/mol. The van der Waals surface area contributed by atoms with E-state index in [1.54, 1.807) is 32.9 Å². The Bertz CT molecular complexity index is 538. The summed E-state index contributed by atoms with van der Waals surface area (Å²) in [6.07, 6.45) is -2.90. The van der Waals surface area contributed by atoms with Gasteiger partial charge in [-0.15, -0.1) is 0 Å². The first kappa shape index (κ1) is 18.3. The van der Waals surface area contributed by atoms with Crippen LogP contribution in [0.4, 0.5) is 10.5 Å². The number of alkyl carbamates (subject to hydrolysis) is 1. The predicted octanol–water partition coefficient (Wildman–Crippen LogP) is 1.80. The van der Waals surface area contributed by atoms with Crippen LogP contribution in [0.3, 0.4) is 0 Å². The number of aliphatic hydroxyl groups excluding tert-OH is 2. The first-order valence-electron chi connectivity index (χ1n) is 7.21. The van der Waals surface area contributed by atoms with Crippen LogP contribution in [0, 0.1) is 13.8 Å². The Kier molecular flexibility index (Phi) is 5.79. The number of carbonyl (C=O) groups excluding carboxylic acids is 1. The Morgan fingerprint density at radius 3 is 2.41 bits per heavy atom. The molecule has 22 heavy (non-hydrogen) atoms. The van der Waals surface area contributed by atoms with Gasteiger partial charge in [0, 0.05) is 12.2 Å². The molecule has 2 unspecified atom stereocenters. The van der Waals surface area contributed by atoms with Crippen molar-refractivity contribution >= 4 is 11.8 Å². The molecule has 1 aromatic carbocycles. The number of ether oxygens (including phenoxy) is 1. The molecular formula is C16H26N2O4. The number of hydrogen-bond acceptors (Lipinski definition) is 5. The number of rotatable bonds is 4. The van der Waals surface area contributed by atoms with E-state index in [0.29, 0.717) is 11.3 Å². The van der Waals surface area contributed by atoms with Gasteiger partial charge in [-0.25, -0.2) is 4.79 Å². The summed E-state index contributed by atoms with van der Waals surface area (Å²) in [4.78, 5) is 11.5. The summed E-state index contributed by atoms with van der Waals surface area (Å²) in [6, 6.07) is 3.37. The van der Waals surface area contributed by atoms with Gasteiger partial charge >= 0.3 is 6.09 Å². The minimum absolute atomic E-state index is 0.112. The molecule has 0 radical (unpaired) electrons. The van der Waals surface area contributed by atoms with Crippen LogP contribution in [0.2, 0.25) is 0 Å². The molecule has 0 aliphatic carbocycles. The number of aliphatic hydroxyl groups is 2. The number of carbonyl (C=O) groups is 1. The third kappa shape index (κ3) is 4.89. The highest BCUT2D eigenvalue weighted by Gasteiger charge is 2.23. The van der Waals surface area contributed by atoms with Gasteiger partial charge in [-0.05, 0) is 57.4 Å². The van der Waals surface area contributed by atoms with Crippen molar-refractivity contribution in [2.75, 3.05) is 12.3 Å². The Balaban J connectivity index is 2.68. The molecule has 1 aromatic rings. The molecule has 0 aliphatic rings. The molecule has 5 N–H and O–H groups in total. The molecule has 0 heterocycles. The lowest BCUT2D eigenvalue weighted by Crippen LogP contribution is -2.39. The molecule has 0 aliphatic heterocycles. The fourth-order valence-electron chi connectivity index (χ4n) is 2.00. The number of hydrogen-bond donors (Lipinski definition) is 4. The molecule has 124 valence electrons. The topological polar surface area (TPSA) is 105 Å². The minimum Gasteiger partial charge on any atom is -0.444 e. The number of nitrogens with one attached hydrogen (secondary N) is 1. The average Bonchev–Trinajstić information content (AvgIpc) is 2.40. The van der Waals surface area contributed by atoms with Crippen LogP contribution in [-0.2, 0) is 4.74 Å². The lowest BCUT2D eigenvalue weighted by molar-refractivity contribution is 0.0126. The van der Waals surface area contributed by atoms with Gasteiger partial charge < -0.3 is 26.0 Å². The van der Waals surface area contributed by atoms with Gasteiger partial charge in [0.2, 0.25) is 0 Å². The number of anilines is 1. The highest BCUT2D eigenvalue weighted by Crippen LogP contribution is 2.26. The van der Waals surface area contributed by atoms with E-state index in [9.17, 15) is 15.0 Å². The van der Waals surface area contributed by atoms with Crippen molar-refractivity contribution in [3.8, 4) is 0 Å². The van der Waals surface area contributed by atoms with Crippen molar-refractivity contribution in [3.63, 3.8) is 0 Å². The highest BCUT2D eigenvalue weighted by atomic mass is 16.6. The van der Waals surface area contributed by atoms with E-state index in [0.717, 1.165) is 11.1 Å². The zero-order valence-electron chi connectivity index (χ0n) is 13.8. The van der Waals surface area contributed by atoms with Crippen LogP contribution in [0.25, 0.3) is 0 Å². The third-order valence-electron chi connectivity index (χ3n) is 3.41. The van der Waals surface area contributed by atoms with Gasteiger partial charge in [0.15, 0.2) is 0 Å². The summed E-state index contributed by atoms with van der Waals surface area (Å²) in [5.74, 6) is 0. The lowest BCUT2D eigenvalue weighted by atomic mass is 9.95. The number of benzene rings is 1. The Morgan fingerprint density at radius 2 is 1.86 bits per heavy atom. The van der Waals surface area contributed by atoms with Crippen LogP contribution in [0.5, 0.6) is 0 Å². The molecule has 0 saturated heterocycles. The fraction of sp³-hybridized carbons (Fsp3) is 0.562. The largest absolute Gasteiger partial charge is 0.444 e. The molecule has 6 nitrogen and oxygen atoms in total. The summed E-state index contributed by atoms with van der Waals surface area (Å²) in [5.41, 5.74) is 8.10. The predicted molar refractivity (Wildman–Crippen MR) is 85.5 cm³/mol. The average molecular weight is 310 g/mol. The zero-order chi connectivity index (χ0) is 17.1. The summed E-state index contributed by atoms with van der Waals surface area (Å²) < 4.78 is 5.07. The SMILES string of the molecule is Cc1c(N)ccc(C(O)C(O)CNC(=O)OC(C)(C)C)c1C.